The van der Waals surface area contributed by atoms with Gasteiger partial charge in [0.05, 0.1) is 0 Å². The average Bonchev–Trinajstić information content (AvgIpc) is 2.62. The van der Waals surface area contributed by atoms with Gasteiger partial charge >= 0.3 is 5.97 Å². The first-order chi connectivity index (χ1) is 7.77. The molecule has 4 fully saturated rings. The van der Waals surface area contributed by atoms with Crippen molar-refractivity contribution in [2.45, 2.75) is 69.5 Å². The van der Waals surface area contributed by atoms with Gasteiger partial charge in [-0.3, -0.25) is 9.69 Å². The summed E-state index contributed by atoms with van der Waals surface area (Å²) in [6, 6.07) is 1.03. The summed E-state index contributed by atoms with van der Waals surface area (Å²) >= 11 is 0. The molecule has 1 unspecified atom stereocenters. The fourth-order valence-corrected chi connectivity index (χ4v) is 4.01. The van der Waals surface area contributed by atoms with Crippen LogP contribution in [0.25, 0.3) is 0 Å². The fraction of sp³-hybridized carbons (Fsp3) is 0.923. The second-order valence-corrected chi connectivity index (χ2v) is 5.76. The third-order valence-corrected chi connectivity index (χ3v) is 4.84. The van der Waals surface area contributed by atoms with Crippen molar-refractivity contribution in [2.24, 2.45) is 5.92 Å². The summed E-state index contributed by atoms with van der Waals surface area (Å²) in [5, 5.41) is 9.34. The van der Waals surface area contributed by atoms with Gasteiger partial charge in [0.1, 0.15) is 6.04 Å². The van der Waals surface area contributed by atoms with E-state index in [-0.39, 0.29) is 6.04 Å². The molecule has 0 radical (unpaired) electrons. The molecule has 2 bridgehead atoms. The summed E-state index contributed by atoms with van der Waals surface area (Å²) in [5.74, 6) is -0.111. The molecule has 1 atom stereocenters. The zero-order valence-corrected chi connectivity index (χ0v) is 9.77. The normalized spacial score (nSPS) is 40.4. The Balaban J connectivity index is 1.74. The SMILES string of the molecule is O=C(O)C1C2CC(C2)N1C1CCCCCC1. The molecule has 0 amide bonds. The Hall–Kier alpha value is -0.570. The molecule has 4 rings (SSSR count). The van der Waals surface area contributed by atoms with Crippen molar-refractivity contribution in [3.05, 3.63) is 0 Å². The van der Waals surface area contributed by atoms with Gasteiger partial charge in [-0.15, -0.1) is 0 Å². The molecule has 0 aromatic rings. The molecular formula is C13H21NO2. The predicted octanol–water partition coefficient (Wildman–Crippen LogP) is 2.26. The first-order valence-corrected chi connectivity index (χ1v) is 6.77. The van der Waals surface area contributed by atoms with Crippen molar-refractivity contribution >= 4 is 5.97 Å². The highest BCUT2D eigenvalue weighted by molar-refractivity contribution is 5.75. The lowest BCUT2D eigenvalue weighted by molar-refractivity contribution is -0.143. The molecule has 4 aliphatic rings. The Morgan fingerprint density at radius 2 is 1.62 bits per heavy atom. The Morgan fingerprint density at radius 3 is 2.19 bits per heavy atom. The highest BCUT2D eigenvalue weighted by Gasteiger charge is 2.55. The van der Waals surface area contributed by atoms with Gasteiger partial charge in [-0.1, -0.05) is 25.7 Å². The number of nitrogens with zero attached hydrogens (tertiary/aromatic N) is 1. The predicted molar refractivity (Wildman–Crippen MR) is 61.3 cm³/mol. The second kappa shape index (κ2) is 4.02. The number of carboxylic acid groups (broad SMARTS) is 1. The van der Waals surface area contributed by atoms with Crippen LogP contribution in [0.15, 0.2) is 0 Å². The van der Waals surface area contributed by atoms with Gasteiger partial charge in [0.2, 0.25) is 0 Å². The van der Waals surface area contributed by atoms with Gasteiger partial charge in [0, 0.05) is 12.1 Å². The highest BCUT2D eigenvalue weighted by atomic mass is 16.4. The van der Waals surface area contributed by atoms with E-state index in [0.29, 0.717) is 18.0 Å². The molecule has 2 saturated carbocycles. The molecule has 2 aliphatic heterocycles. The van der Waals surface area contributed by atoms with Crippen LogP contribution in [0.5, 0.6) is 0 Å². The maximum absolute atomic E-state index is 11.3. The van der Waals surface area contributed by atoms with Crippen LogP contribution in [-0.2, 0) is 4.79 Å². The molecule has 2 saturated heterocycles. The summed E-state index contributed by atoms with van der Waals surface area (Å²) in [4.78, 5) is 13.7. The minimum Gasteiger partial charge on any atom is -0.480 e. The number of aliphatic carboxylic acids is 1. The van der Waals surface area contributed by atoms with Crippen LogP contribution in [0.1, 0.15) is 51.4 Å². The van der Waals surface area contributed by atoms with Crippen LogP contribution in [0, 0.1) is 5.92 Å². The van der Waals surface area contributed by atoms with E-state index in [1.54, 1.807) is 0 Å². The zero-order valence-electron chi connectivity index (χ0n) is 9.77. The van der Waals surface area contributed by atoms with Crippen molar-refractivity contribution in [3.8, 4) is 0 Å². The summed E-state index contributed by atoms with van der Waals surface area (Å²) < 4.78 is 0. The topological polar surface area (TPSA) is 40.5 Å². The lowest BCUT2D eigenvalue weighted by Gasteiger charge is -2.33. The second-order valence-electron chi connectivity index (χ2n) is 5.76. The standard InChI is InChI=1S/C13H21NO2/c15-13(16)12-9-7-11(8-9)14(12)10-5-3-1-2-4-6-10/h9-12H,1-8H2,(H,15,16). The minimum atomic E-state index is -0.575. The summed E-state index contributed by atoms with van der Waals surface area (Å²) in [5.41, 5.74) is 0. The maximum atomic E-state index is 11.3. The first kappa shape index (κ1) is 10.6. The van der Waals surface area contributed by atoms with Crippen molar-refractivity contribution in [3.63, 3.8) is 0 Å². The average molecular weight is 223 g/mol. The third-order valence-electron chi connectivity index (χ3n) is 4.84. The Labute approximate surface area is 96.8 Å². The van der Waals surface area contributed by atoms with Crippen LogP contribution in [0.4, 0.5) is 0 Å². The number of carboxylic acids is 1. The van der Waals surface area contributed by atoms with E-state index in [1.165, 1.54) is 38.5 Å². The Kier molecular flexibility index (Phi) is 2.66. The number of fused-ring (bicyclic) bond motifs is 1. The highest BCUT2D eigenvalue weighted by Crippen LogP contribution is 2.48. The van der Waals surface area contributed by atoms with Crippen molar-refractivity contribution in [1.29, 1.82) is 0 Å². The third kappa shape index (κ3) is 1.56. The molecule has 2 aliphatic carbocycles. The quantitative estimate of drug-likeness (QED) is 0.730. The number of carbonyl (C=O) groups is 1. The molecular weight excluding hydrogens is 202 g/mol. The Bertz CT molecular complexity index is 278. The zero-order chi connectivity index (χ0) is 11.1. The first-order valence-electron chi connectivity index (χ1n) is 6.77. The smallest absolute Gasteiger partial charge is 0.321 e. The molecule has 0 aromatic carbocycles. The van der Waals surface area contributed by atoms with Gasteiger partial charge < -0.3 is 5.11 Å². The molecule has 90 valence electrons. The molecule has 0 aromatic heterocycles. The van der Waals surface area contributed by atoms with Crippen LogP contribution >= 0.6 is 0 Å². The van der Waals surface area contributed by atoms with Crippen molar-refractivity contribution < 1.29 is 9.90 Å². The fourth-order valence-electron chi connectivity index (χ4n) is 4.01. The largest absolute Gasteiger partial charge is 0.480 e. The van der Waals surface area contributed by atoms with E-state index in [1.807, 2.05) is 0 Å². The van der Waals surface area contributed by atoms with Gasteiger partial charge in [0.25, 0.3) is 0 Å². The number of hydrogen-bond donors (Lipinski definition) is 1. The van der Waals surface area contributed by atoms with Crippen LogP contribution in [-0.4, -0.2) is 34.1 Å². The number of hydrogen-bond acceptors (Lipinski definition) is 2. The van der Waals surface area contributed by atoms with Gasteiger partial charge in [-0.25, -0.2) is 0 Å². The maximum Gasteiger partial charge on any atom is 0.321 e. The van der Waals surface area contributed by atoms with E-state index < -0.39 is 5.97 Å². The van der Waals surface area contributed by atoms with Crippen LogP contribution in [0.3, 0.4) is 0 Å². The van der Waals surface area contributed by atoms with Gasteiger partial charge in [-0.05, 0) is 31.6 Å². The molecule has 0 spiro atoms. The Morgan fingerprint density at radius 1 is 1.00 bits per heavy atom. The van der Waals surface area contributed by atoms with E-state index in [9.17, 15) is 9.90 Å². The summed E-state index contributed by atoms with van der Waals surface area (Å²) in [7, 11) is 0. The summed E-state index contributed by atoms with van der Waals surface area (Å²) in [6.45, 7) is 0. The van der Waals surface area contributed by atoms with E-state index >= 15 is 0 Å². The molecule has 3 heteroatoms. The van der Waals surface area contributed by atoms with Crippen LogP contribution in [0.2, 0.25) is 0 Å². The van der Waals surface area contributed by atoms with E-state index in [4.69, 9.17) is 0 Å². The summed E-state index contributed by atoms with van der Waals surface area (Å²) in [6.07, 6.45) is 10.0. The van der Waals surface area contributed by atoms with Crippen molar-refractivity contribution in [2.75, 3.05) is 0 Å². The molecule has 2 heterocycles. The van der Waals surface area contributed by atoms with Crippen LogP contribution < -0.4 is 0 Å². The lowest BCUT2D eigenvalue weighted by atomic mass is 9.83. The monoisotopic (exact) mass is 223 g/mol. The number of rotatable bonds is 2. The molecule has 1 N–H and O–H groups in total. The van der Waals surface area contributed by atoms with E-state index in [2.05, 4.69) is 4.90 Å². The van der Waals surface area contributed by atoms with Gasteiger partial charge in [0.15, 0.2) is 0 Å². The molecule has 3 nitrogen and oxygen atoms in total. The van der Waals surface area contributed by atoms with Crippen molar-refractivity contribution in [1.82, 2.24) is 4.90 Å². The lowest BCUT2D eigenvalue weighted by Crippen LogP contribution is -2.44. The molecule has 16 heavy (non-hydrogen) atoms. The minimum absolute atomic E-state index is 0.145. The van der Waals surface area contributed by atoms with Gasteiger partial charge in [-0.2, -0.15) is 0 Å². The van der Waals surface area contributed by atoms with E-state index in [0.717, 1.165) is 12.8 Å².